The molecule has 0 aliphatic carbocycles. The van der Waals surface area contributed by atoms with E-state index in [9.17, 15) is 0 Å². The Bertz CT molecular complexity index is 757. The van der Waals surface area contributed by atoms with Gasteiger partial charge < -0.3 is 5.73 Å². The van der Waals surface area contributed by atoms with Crippen molar-refractivity contribution in [2.75, 3.05) is 5.73 Å². The first kappa shape index (κ1) is 11.9. The summed E-state index contributed by atoms with van der Waals surface area (Å²) in [5, 5.41) is 6.50. The van der Waals surface area contributed by atoms with E-state index >= 15 is 0 Å². The molecule has 0 radical (unpaired) electrons. The Morgan fingerprint density at radius 2 is 2.16 bits per heavy atom. The van der Waals surface area contributed by atoms with Gasteiger partial charge in [0.1, 0.15) is 5.52 Å². The molecular formula is C14H17N5. The Morgan fingerprint density at radius 1 is 1.37 bits per heavy atom. The summed E-state index contributed by atoms with van der Waals surface area (Å²) in [6, 6.07) is 2.06. The van der Waals surface area contributed by atoms with Crippen LogP contribution in [0.3, 0.4) is 0 Å². The zero-order valence-corrected chi connectivity index (χ0v) is 11.4. The largest absolute Gasteiger partial charge is 0.382 e. The molecule has 2 N–H and O–H groups in total. The van der Waals surface area contributed by atoms with E-state index in [0.717, 1.165) is 22.7 Å². The van der Waals surface area contributed by atoms with Crippen LogP contribution in [-0.2, 0) is 13.5 Å². The van der Waals surface area contributed by atoms with E-state index in [2.05, 4.69) is 35.0 Å². The summed E-state index contributed by atoms with van der Waals surface area (Å²) in [6.45, 7) is 4.41. The lowest BCUT2D eigenvalue weighted by Gasteiger charge is -2.09. The fraction of sp³-hybridized carbons (Fsp3) is 0.357. The van der Waals surface area contributed by atoms with Crippen molar-refractivity contribution in [2.24, 2.45) is 13.0 Å². The second kappa shape index (κ2) is 4.19. The molecule has 0 fully saturated rings. The lowest BCUT2D eigenvalue weighted by atomic mass is 9.99. The summed E-state index contributed by atoms with van der Waals surface area (Å²) in [5.74, 6) is 1.02. The molecule has 0 spiro atoms. The number of hydrogen-bond acceptors (Lipinski definition) is 4. The first-order valence-corrected chi connectivity index (χ1v) is 6.42. The van der Waals surface area contributed by atoms with E-state index in [4.69, 9.17) is 5.73 Å². The molecule has 5 nitrogen and oxygen atoms in total. The highest BCUT2D eigenvalue weighted by atomic mass is 15.3. The van der Waals surface area contributed by atoms with Crippen molar-refractivity contribution in [3.05, 3.63) is 24.0 Å². The number of aryl methyl sites for hydroxylation is 1. The first-order chi connectivity index (χ1) is 9.06. The maximum atomic E-state index is 5.96. The maximum Gasteiger partial charge on any atom is 0.162 e. The molecule has 0 amide bonds. The number of nitrogen functional groups attached to an aromatic ring is 1. The zero-order chi connectivity index (χ0) is 13.6. The number of anilines is 1. The number of pyridine rings is 2. The van der Waals surface area contributed by atoms with Gasteiger partial charge in [-0.25, -0.2) is 9.97 Å². The molecule has 3 aromatic heterocycles. The van der Waals surface area contributed by atoms with Gasteiger partial charge in [0.05, 0.1) is 0 Å². The molecule has 0 unspecified atom stereocenters. The van der Waals surface area contributed by atoms with Crippen molar-refractivity contribution in [1.29, 1.82) is 0 Å². The molecule has 98 valence electrons. The molecular weight excluding hydrogens is 238 g/mol. The highest BCUT2D eigenvalue weighted by molar-refractivity contribution is 6.08. The highest BCUT2D eigenvalue weighted by Crippen LogP contribution is 2.29. The Morgan fingerprint density at radius 3 is 2.89 bits per heavy atom. The van der Waals surface area contributed by atoms with Gasteiger partial charge in [-0.15, -0.1) is 0 Å². The fourth-order valence-corrected chi connectivity index (χ4v) is 2.51. The summed E-state index contributed by atoms with van der Waals surface area (Å²) >= 11 is 0. The van der Waals surface area contributed by atoms with Gasteiger partial charge in [0, 0.05) is 30.2 Å². The molecule has 5 heteroatoms. The predicted molar refractivity (Wildman–Crippen MR) is 76.8 cm³/mol. The molecule has 0 saturated carbocycles. The lowest BCUT2D eigenvalue weighted by Crippen LogP contribution is -2.00. The van der Waals surface area contributed by atoms with Crippen LogP contribution in [-0.4, -0.2) is 19.7 Å². The Hall–Kier alpha value is -2.17. The molecule has 19 heavy (non-hydrogen) atoms. The average molecular weight is 255 g/mol. The van der Waals surface area contributed by atoms with Crippen molar-refractivity contribution in [1.82, 2.24) is 19.7 Å². The van der Waals surface area contributed by atoms with Crippen LogP contribution < -0.4 is 5.73 Å². The van der Waals surface area contributed by atoms with Crippen molar-refractivity contribution < 1.29 is 0 Å². The van der Waals surface area contributed by atoms with Gasteiger partial charge >= 0.3 is 0 Å². The summed E-state index contributed by atoms with van der Waals surface area (Å²) in [5.41, 5.74) is 8.68. The van der Waals surface area contributed by atoms with Crippen LogP contribution in [0.1, 0.15) is 19.4 Å². The second-order valence-electron chi connectivity index (χ2n) is 5.33. The molecule has 0 aliphatic heterocycles. The van der Waals surface area contributed by atoms with Gasteiger partial charge in [-0.05, 0) is 24.0 Å². The SMILES string of the molecule is CC(C)Cc1ccnc2nc(N)c3nn(C)cc3c12. The Kier molecular flexibility index (Phi) is 2.62. The minimum absolute atomic E-state index is 0.442. The van der Waals surface area contributed by atoms with E-state index in [1.165, 1.54) is 5.56 Å². The normalized spacial score (nSPS) is 11.8. The second-order valence-corrected chi connectivity index (χ2v) is 5.33. The minimum Gasteiger partial charge on any atom is -0.382 e. The number of hydrogen-bond donors (Lipinski definition) is 1. The number of nitrogens with two attached hydrogens (primary N) is 1. The van der Waals surface area contributed by atoms with Gasteiger partial charge in [-0.1, -0.05) is 13.8 Å². The minimum atomic E-state index is 0.442. The van der Waals surface area contributed by atoms with Crippen LogP contribution in [0, 0.1) is 5.92 Å². The quantitative estimate of drug-likeness (QED) is 0.762. The molecule has 0 atom stereocenters. The van der Waals surface area contributed by atoms with E-state index in [-0.39, 0.29) is 0 Å². The van der Waals surface area contributed by atoms with Gasteiger partial charge in [0.15, 0.2) is 11.5 Å². The first-order valence-electron chi connectivity index (χ1n) is 6.42. The topological polar surface area (TPSA) is 69.6 Å². The van der Waals surface area contributed by atoms with Crippen molar-refractivity contribution in [3.8, 4) is 0 Å². The molecule has 3 aromatic rings. The van der Waals surface area contributed by atoms with Gasteiger partial charge in [0.25, 0.3) is 0 Å². The maximum absolute atomic E-state index is 5.96. The number of aromatic nitrogens is 4. The third-order valence-corrected chi connectivity index (χ3v) is 3.21. The van der Waals surface area contributed by atoms with Gasteiger partial charge in [-0.2, -0.15) is 5.10 Å². The fourth-order valence-electron chi connectivity index (χ4n) is 2.51. The number of rotatable bonds is 2. The zero-order valence-electron chi connectivity index (χ0n) is 11.4. The van der Waals surface area contributed by atoms with E-state index < -0.39 is 0 Å². The summed E-state index contributed by atoms with van der Waals surface area (Å²) in [4.78, 5) is 8.72. The highest BCUT2D eigenvalue weighted by Gasteiger charge is 2.14. The standard InChI is InChI=1S/C14H17N5/c1-8(2)6-9-4-5-16-14-11(9)10-7-19(3)18-12(10)13(15)17-14/h4-5,7-8H,6H2,1-3H3,(H2,15,16,17). The van der Waals surface area contributed by atoms with Crippen LogP contribution in [0.4, 0.5) is 5.82 Å². The third-order valence-electron chi connectivity index (χ3n) is 3.21. The molecule has 0 saturated heterocycles. The number of fused-ring (bicyclic) bond motifs is 3. The van der Waals surface area contributed by atoms with Gasteiger partial charge in [-0.3, -0.25) is 4.68 Å². The molecule has 0 aromatic carbocycles. The van der Waals surface area contributed by atoms with Crippen LogP contribution in [0.15, 0.2) is 18.5 Å². The summed E-state index contributed by atoms with van der Waals surface area (Å²) < 4.78 is 1.77. The van der Waals surface area contributed by atoms with E-state index in [1.807, 2.05) is 13.2 Å². The smallest absolute Gasteiger partial charge is 0.162 e. The van der Waals surface area contributed by atoms with E-state index in [1.54, 1.807) is 10.9 Å². The average Bonchev–Trinajstić information content (AvgIpc) is 2.70. The van der Waals surface area contributed by atoms with Gasteiger partial charge in [0.2, 0.25) is 0 Å². The molecule has 3 heterocycles. The molecule has 3 rings (SSSR count). The Balaban J connectivity index is 2.42. The number of nitrogens with zero attached hydrogens (tertiary/aromatic N) is 4. The monoisotopic (exact) mass is 255 g/mol. The van der Waals surface area contributed by atoms with Crippen LogP contribution >= 0.6 is 0 Å². The van der Waals surface area contributed by atoms with Crippen LogP contribution in [0.25, 0.3) is 21.9 Å². The molecule has 0 bridgehead atoms. The van der Waals surface area contributed by atoms with Crippen LogP contribution in [0.2, 0.25) is 0 Å². The summed E-state index contributed by atoms with van der Waals surface area (Å²) in [6.07, 6.45) is 4.78. The third kappa shape index (κ3) is 1.91. The summed E-state index contributed by atoms with van der Waals surface area (Å²) in [7, 11) is 1.89. The lowest BCUT2D eigenvalue weighted by molar-refractivity contribution is 0.650. The van der Waals surface area contributed by atoms with Crippen molar-refractivity contribution in [3.63, 3.8) is 0 Å². The molecule has 0 aliphatic rings. The Labute approximate surface area is 111 Å². The van der Waals surface area contributed by atoms with E-state index in [0.29, 0.717) is 17.4 Å². The predicted octanol–water partition coefficient (Wildman–Crippen LogP) is 2.30. The van der Waals surface area contributed by atoms with Crippen molar-refractivity contribution >= 4 is 27.8 Å². The van der Waals surface area contributed by atoms with Crippen molar-refractivity contribution in [2.45, 2.75) is 20.3 Å². The van der Waals surface area contributed by atoms with Crippen LogP contribution in [0.5, 0.6) is 0 Å².